The molecule has 5 nitrogen and oxygen atoms in total. The van der Waals surface area contributed by atoms with E-state index in [0.29, 0.717) is 25.6 Å². The first kappa shape index (κ1) is 16.1. The van der Waals surface area contributed by atoms with Crippen molar-refractivity contribution in [1.82, 2.24) is 15.1 Å². The minimum atomic E-state index is -0.307. The van der Waals surface area contributed by atoms with E-state index in [1.807, 2.05) is 18.5 Å². The van der Waals surface area contributed by atoms with Crippen molar-refractivity contribution in [2.45, 2.75) is 53.3 Å². The lowest BCUT2D eigenvalue weighted by Crippen LogP contribution is -2.31. The van der Waals surface area contributed by atoms with Gasteiger partial charge in [-0.25, -0.2) is 0 Å². The Balaban J connectivity index is 2.54. The summed E-state index contributed by atoms with van der Waals surface area (Å²) in [6.07, 6.45) is 0.674. The minimum absolute atomic E-state index is 0.0988. The van der Waals surface area contributed by atoms with Gasteiger partial charge in [-0.3, -0.25) is 4.68 Å². The molecule has 0 amide bonds. The van der Waals surface area contributed by atoms with E-state index in [0.717, 1.165) is 23.4 Å². The topological polar surface area (TPSA) is 70.3 Å². The monoisotopic (exact) mass is 269 g/mol. The molecule has 1 aromatic heterocycles. The molecule has 1 aromatic rings. The van der Waals surface area contributed by atoms with Crippen molar-refractivity contribution in [2.75, 3.05) is 13.2 Å². The van der Waals surface area contributed by atoms with Crippen LogP contribution in [0.15, 0.2) is 0 Å². The van der Waals surface area contributed by atoms with Crippen molar-refractivity contribution < 1.29 is 10.2 Å². The summed E-state index contributed by atoms with van der Waals surface area (Å²) in [4.78, 5) is 0. The Kier molecular flexibility index (Phi) is 6.48. The number of aliphatic hydroxyl groups is 2. The van der Waals surface area contributed by atoms with Gasteiger partial charge in [0.25, 0.3) is 0 Å². The van der Waals surface area contributed by atoms with Gasteiger partial charge in [-0.05, 0) is 19.8 Å². The molecule has 0 spiro atoms. The first-order valence-electron chi connectivity index (χ1n) is 7.03. The second-order valence-corrected chi connectivity index (χ2v) is 5.18. The Morgan fingerprint density at radius 1 is 1.37 bits per heavy atom. The van der Waals surface area contributed by atoms with Gasteiger partial charge in [0.15, 0.2) is 0 Å². The van der Waals surface area contributed by atoms with Crippen molar-refractivity contribution >= 4 is 0 Å². The molecular formula is C14H27N3O2. The fraction of sp³-hybridized carbons (Fsp3) is 0.786. The largest absolute Gasteiger partial charge is 0.394 e. The highest BCUT2D eigenvalue weighted by Crippen LogP contribution is 2.13. The van der Waals surface area contributed by atoms with Crippen LogP contribution in [0.1, 0.15) is 37.2 Å². The highest BCUT2D eigenvalue weighted by molar-refractivity contribution is 5.24. The average Bonchev–Trinajstić information content (AvgIpc) is 2.65. The van der Waals surface area contributed by atoms with Crippen LogP contribution >= 0.6 is 0 Å². The van der Waals surface area contributed by atoms with E-state index in [9.17, 15) is 5.11 Å². The van der Waals surface area contributed by atoms with Crippen LogP contribution < -0.4 is 5.32 Å². The van der Waals surface area contributed by atoms with Crippen LogP contribution in [-0.2, 0) is 13.1 Å². The highest BCUT2D eigenvalue weighted by Gasteiger charge is 2.14. The lowest BCUT2D eigenvalue weighted by molar-refractivity contribution is 0.112. The fourth-order valence-electron chi connectivity index (χ4n) is 2.12. The number of aromatic nitrogens is 2. The number of hydrogen-bond donors (Lipinski definition) is 3. The zero-order valence-corrected chi connectivity index (χ0v) is 12.5. The lowest BCUT2D eigenvalue weighted by Gasteiger charge is -2.17. The summed E-state index contributed by atoms with van der Waals surface area (Å²) < 4.78 is 1.83. The van der Waals surface area contributed by atoms with Crippen molar-refractivity contribution in [3.63, 3.8) is 0 Å². The third kappa shape index (κ3) is 4.30. The zero-order valence-electron chi connectivity index (χ0n) is 12.5. The summed E-state index contributed by atoms with van der Waals surface area (Å²) >= 11 is 0. The first-order valence-corrected chi connectivity index (χ1v) is 7.03. The van der Waals surface area contributed by atoms with Crippen LogP contribution in [-0.4, -0.2) is 39.2 Å². The van der Waals surface area contributed by atoms with Crippen LogP contribution in [0.25, 0.3) is 0 Å². The molecule has 0 radical (unpaired) electrons. The van der Waals surface area contributed by atoms with Gasteiger partial charge in [-0.1, -0.05) is 20.3 Å². The molecule has 5 heteroatoms. The van der Waals surface area contributed by atoms with Crippen LogP contribution in [0.4, 0.5) is 0 Å². The van der Waals surface area contributed by atoms with Crippen LogP contribution in [0.3, 0.4) is 0 Å². The van der Waals surface area contributed by atoms with E-state index in [1.165, 1.54) is 0 Å². The number of aliphatic hydroxyl groups excluding tert-OH is 2. The molecular weight excluding hydrogens is 242 g/mol. The SMILES string of the molecule is CCC(C)C(O)CNCc1c(C)nn(CCO)c1C. The summed E-state index contributed by atoms with van der Waals surface area (Å²) in [5.74, 6) is 0.312. The number of rotatable bonds is 8. The molecule has 0 aliphatic rings. The van der Waals surface area contributed by atoms with Crippen molar-refractivity contribution in [3.05, 3.63) is 17.0 Å². The van der Waals surface area contributed by atoms with Gasteiger partial charge in [0.05, 0.1) is 24.9 Å². The number of aryl methyl sites for hydroxylation is 1. The van der Waals surface area contributed by atoms with Crippen LogP contribution in [0, 0.1) is 19.8 Å². The molecule has 0 fully saturated rings. The van der Waals surface area contributed by atoms with E-state index in [1.54, 1.807) is 0 Å². The molecule has 19 heavy (non-hydrogen) atoms. The van der Waals surface area contributed by atoms with E-state index in [2.05, 4.69) is 24.3 Å². The van der Waals surface area contributed by atoms with Gasteiger partial charge in [0.1, 0.15) is 0 Å². The van der Waals surface area contributed by atoms with Crippen molar-refractivity contribution in [1.29, 1.82) is 0 Å². The van der Waals surface area contributed by atoms with Crippen molar-refractivity contribution in [2.24, 2.45) is 5.92 Å². The second-order valence-electron chi connectivity index (χ2n) is 5.18. The van der Waals surface area contributed by atoms with Crippen LogP contribution in [0.5, 0.6) is 0 Å². The molecule has 2 atom stereocenters. The van der Waals surface area contributed by atoms with E-state index >= 15 is 0 Å². The van der Waals surface area contributed by atoms with Gasteiger partial charge >= 0.3 is 0 Å². The van der Waals surface area contributed by atoms with Crippen LogP contribution in [0.2, 0.25) is 0 Å². The minimum Gasteiger partial charge on any atom is -0.394 e. The first-order chi connectivity index (χ1) is 9.01. The van der Waals surface area contributed by atoms with Gasteiger partial charge in [-0.15, -0.1) is 0 Å². The molecule has 3 N–H and O–H groups in total. The Labute approximate surface area is 115 Å². The van der Waals surface area contributed by atoms with E-state index in [-0.39, 0.29) is 12.7 Å². The molecule has 1 heterocycles. The third-order valence-electron chi connectivity index (χ3n) is 3.80. The normalized spacial score (nSPS) is 14.6. The number of nitrogens with zero attached hydrogens (tertiary/aromatic N) is 2. The van der Waals surface area contributed by atoms with E-state index < -0.39 is 0 Å². The molecule has 0 bridgehead atoms. The van der Waals surface area contributed by atoms with Gasteiger partial charge in [-0.2, -0.15) is 5.10 Å². The van der Waals surface area contributed by atoms with Crippen molar-refractivity contribution in [3.8, 4) is 0 Å². The second kappa shape index (κ2) is 7.62. The maximum atomic E-state index is 9.91. The summed E-state index contributed by atoms with van der Waals surface area (Å²) in [6.45, 7) is 10.1. The summed E-state index contributed by atoms with van der Waals surface area (Å²) in [7, 11) is 0. The Morgan fingerprint density at radius 2 is 2.05 bits per heavy atom. The van der Waals surface area contributed by atoms with E-state index in [4.69, 9.17) is 5.11 Å². The lowest BCUT2D eigenvalue weighted by atomic mass is 10.0. The molecule has 1 rings (SSSR count). The zero-order chi connectivity index (χ0) is 14.4. The smallest absolute Gasteiger partial charge is 0.0690 e. The fourth-order valence-corrected chi connectivity index (χ4v) is 2.12. The maximum absolute atomic E-state index is 9.91. The molecule has 110 valence electrons. The summed E-state index contributed by atoms with van der Waals surface area (Å²) in [6, 6.07) is 0. The summed E-state index contributed by atoms with van der Waals surface area (Å²) in [5.41, 5.74) is 3.22. The average molecular weight is 269 g/mol. The Hall–Kier alpha value is -0.910. The van der Waals surface area contributed by atoms with Gasteiger partial charge in [0, 0.05) is 24.3 Å². The molecule has 0 aliphatic carbocycles. The summed E-state index contributed by atoms with van der Waals surface area (Å²) in [5, 5.41) is 26.6. The molecule has 0 saturated carbocycles. The predicted molar refractivity (Wildman–Crippen MR) is 76.0 cm³/mol. The molecule has 0 saturated heterocycles. The molecule has 0 aromatic carbocycles. The van der Waals surface area contributed by atoms with Gasteiger partial charge < -0.3 is 15.5 Å². The molecule has 0 aliphatic heterocycles. The number of nitrogens with one attached hydrogen (secondary N) is 1. The Bertz CT molecular complexity index is 390. The predicted octanol–water partition coefficient (Wildman–Crippen LogP) is 0.989. The maximum Gasteiger partial charge on any atom is 0.0690 e. The standard InChI is InChI=1S/C14H27N3O2/c1-5-10(2)14(19)9-15-8-13-11(3)16-17(6-7-18)12(13)4/h10,14-15,18-19H,5-9H2,1-4H3. The highest BCUT2D eigenvalue weighted by atomic mass is 16.3. The molecule has 2 unspecified atom stereocenters. The van der Waals surface area contributed by atoms with Gasteiger partial charge in [0.2, 0.25) is 0 Å². The third-order valence-corrected chi connectivity index (χ3v) is 3.80. The Morgan fingerprint density at radius 3 is 2.63 bits per heavy atom. The quantitative estimate of drug-likeness (QED) is 0.658. The number of hydrogen-bond acceptors (Lipinski definition) is 4.